The summed E-state index contributed by atoms with van der Waals surface area (Å²) in [6.07, 6.45) is 8.80. The summed E-state index contributed by atoms with van der Waals surface area (Å²) in [5.74, 6) is 3.11. The van der Waals surface area contributed by atoms with E-state index in [0.29, 0.717) is 10.8 Å². The van der Waals surface area contributed by atoms with Crippen molar-refractivity contribution in [3.05, 3.63) is 0 Å². The van der Waals surface area contributed by atoms with E-state index < -0.39 is 0 Å². The second-order valence-corrected chi connectivity index (χ2v) is 6.95. The van der Waals surface area contributed by atoms with E-state index in [4.69, 9.17) is 5.73 Å². The molecular formula is C14H25N. The standard InChI is InChI=1S/C14H25N/c1-13(2)10-3-4-11(12(13)9-10)14(5-6-14)7-8-15/h10-12H,3-9,15H2,1-2H3. The van der Waals surface area contributed by atoms with Gasteiger partial charge in [-0.3, -0.25) is 0 Å². The van der Waals surface area contributed by atoms with E-state index in [2.05, 4.69) is 13.8 Å². The average molecular weight is 207 g/mol. The zero-order valence-electron chi connectivity index (χ0n) is 10.3. The predicted molar refractivity (Wildman–Crippen MR) is 63.4 cm³/mol. The molecule has 4 rings (SSSR count). The fourth-order valence-electron chi connectivity index (χ4n) is 4.80. The molecule has 0 radical (unpaired) electrons. The molecule has 3 atom stereocenters. The molecule has 2 bridgehead atoms. The Kier molecular flexibility index (Phi) is 2.03. The number of hydrogen-bond acceptors (Lipinski definition) is 1. The lowest BCUT2D eigenvalue weighted by Crippen LogP contribution is -2.54. The van der Waals surface area contributed by atoms with Crippen molar-refractivity contribution in [1.82, 2.24) is 0 Å². The number of hydrogen-bond donors (Lipinski definition) is 1. The van der Waals surface area contributed by atoms with Gasteiger partial charge in [-0.1, -0.05) is 13.8 Å². The Hall–Kier alpha value is -0.0400. The van der Waals surface area contributed by atoms with Gasteiger partial charge in [0, 0.05) is 0 Å². The van der Waals surface area contributed by atoms with Crippen LogP contribution in [-0.4, -0.2) is 6.54 Å². The quantitative estimate of drug-likeness (QED) is 0.755. The number of fused-ring (bicyclic) bond motifs is 2. The first-order valence-corrected chi connectivity index (χ1v) is 6.80. The van der Waals surface area contributed by atoms with E-state index in [1.807, 2.05) is 0 Å². The summed E-state index contributed by atoms with van der Waals surface area (Å²) in [4.78, 5) is 0. The highest BCUT2D eigenvalue weighted by molar-refractivity contribution is 5.11. The highest BCUT2D eigenvalue weighted by Crippen LogP contribution is 2.70. The fraction of sp³-hybridized carbons (Fsp3) is 1.00. The largest absolute Gasteiger partial charge is 0.330 e. The van der Waals surface area contributed by atoms with Crippen molar-refractivity contribution in [1.29, 1.82) is 0 Å². The molecule has 2 N–H and O–H groups in total. The maximum Gasteiger partial charge on any atom is -0.00719 e. The third kappa shape index (κ3) is 1.25. The van der Waals surface area contributed by atoms with Crippen LogP contribution in [0.2, 0.25) is 0 Å². The summed E-state index contributed by atoms with van der Waals surface area (Å²) in [5.41, 5.74) is 7.16. The Morgan fingerprint density at radius 1 is 1.13 bits per heavy atom. The van der Waals surface area contributed by atoms with Crippen LogP contribution in [0.1, 0.15) is 52.4 Å². The molecule has 0 aromatic heterocycles. The predicted octanol–water partition coefficient (Wildman–Crippen LogP) is 3.19. The molecule has 3 unspecified atom stereocenters. The van der Waals surface area contributed by atoms with Crippen LogP contribution in [0.5, 0.6) is 0 Å². The molecule has 86 valence electrons. The molecule has 0 aromatic carbocycles. The molecule has 15 heavy (non-hydrogen) atoms. The normalized spacial score (nSPS) is 44.6. The van der Waals surface area contributed by atoms with Gasteiger partial charge < -0.3 is 5.73 Å². The highest BCUT2D eigenvalue weighted by Gasteiger charge is 2.61. The van der Waals surface area contributed by atoms with E-state index in [0.717, 1.165) is 24.3 Å². The molecule has 0 spiro atoms. The van der Waals surface area contributed by atoms with Gasteiger partial charge in [-0.15, -0.1) is 0 Å². The molecular weight excluding hydrogens is 182 g/mol. The van der Waals surface area contributed by atoms with Gasteiger partial charge in [0.25, 0.3) is 0 Å². The Morgan fingerprint density at radius 2 is 1.87 bits per heavy atom. The maximum atomic E-state index is 5.79. The molecule has 4 saturated carbocycles. The van der Waals surface area contributed by atoms with Crippen molar-refractivity contribution in [3.63, 3.8) is 0 Å². The van der Waals surface area contributed by atoms with Crippen molar-refractivity contribution >= 4 is 0 Å². The Morgan fingerprint density at radius 3 is 2.33 bits per heavy atom. The van der Waals surface area contributed by atoms with Crippen molar-refractivity contribution in [2.45, 2.75) is 52.4 Å². The van der Waals surface area contributed by atoms with Gasteiger partial charge in [-0.25, -0.2) is 0 Å². The van der Waals surface area contributed by atoms with Crippen LogP contribution in [0.3, 0.4) is 0 Å². The smallest absolute Gasteiger partial charge is 0.00719 e. The van der Waals surface area contributed by atoms with Gasteiger partial charge in [-0.2, -0.15) is 0 Å². The molecule has 0 saturated heterocycles. The lowest BCUT2D eigenvalue weighted by atomic mass is 9.43. The molecule has 1 heteroatoms. The van der Waals surface area contributed by atoms with Crippen LogP contribution in [0.15, 0.2) is 0 Å². The van der Waals surface area contributed by atoms with Crippen LogP contribution in [-0.2, 0) is 0 Å². The molecule has 0 aliphatic heterocycles. The topological polar surface area (TPSA) is 26.0 Å². The van der Waals surface area contributed by atoms with Crippen LogP contribution < -0.4 is 5.73 Å². The summed E-state index contributed by atoms with van der Waals surface area (Å²) in [6, 6.07) is 0. The molecule has 4 aliphatic rings. The van der Waals surface area contributed by atoms with E-state index in [1.54, 1.807) is 0 Å². The minimum absolute atomic E-state index is 0.660. The molecule has 4 aliphatic carbocycles. The third-order valence-corrected chi connectivity index (χ3v) is 6.18. The van der Waals surface area contributed by atoms with Crippen molar-refractivity contribution in [3.8, 4) is 0 Å². The molecule has 0 amide bonds. The first-order chi connectivity index (χ1) is 7.10. The Balaban J connectivity index is 1.77. The van der Waals surface area contributed by atoms with E-state index in [-0.39, 0.29) is 0 Å². The minimum atomic E-state index is 0.660. The lowest BCUT2D eigenvalue weighted by molar-refractivity contribution is -0.126. The van der Waals surface area contributed by atoms with Crippen LogP contribution in [0.4, 0.5) is 0 Å². The van der Waals surface area contributed by atoms with Gasteiger partial charge in [-0.05, 0) is 73.7 Å². The second kappa shape index (κ2) is 3.00. The van der Waals surface area contributed by atoms with Crippen LogP contribution >= 0.6 is 0 Å². The first-order valence-electron chi connectivity index (χ1n) is 6.80. The summed E-state index contributed by atoms with van der Waals surface area (Å²) < 4.78 is 0. The summed E-state index contributed by atoms with van der Waals surface area (Å²) >= 11 is 0. The summed E-state index contributed by atoms with van der Waals surface area (Å²) in [5, 5.41) is 0. The van der Waals surface area contributed by atoms with Crippen molar-refractivity contribution in [2.24, 2.45) is 34.3 Å². The minimum Gasteiger partial charge on any atom is -0.330 e. The van der Waals surface area contributed by atoms with Gasteiger partial charge in [0.15, 0.2) is 0 Å². The first kappa shape index (κ1) is 10.1. The fourth-order valence-corrected chi connectivity index (χ4v) is 4.80. The van der Waals surface area contributed by atoms with Gasteiger partial charge in [0.1, 0.15) is 0 Å². The lowest BCUT2D eigenvalue weighted by Gasteiger charge is -2.62. The van der Waals surface area contributed by atoms with Gasteiger partial charge >= 0.3 is 0 Å². The molecule has 1 nitrogen and oxygen atoms in total. The van der Waals surface area contributed by atoms with Gasteiger partial charge in [0.2, 0.25) is 0 Å². The van der Waals surface area contributed by atoms with E-state index in [1.165, 1.54) is 38.5 Å². The highest BCUT2D eigenvalue weighted by atomic mass is 14.7. The molecule has 0 aromatic rings. The van der Waals surface area contributed by atoms with Crippen LogP contribution in [0, 0.1) is 28.6 Å². The van der Waals surface area contributed by atoms with E-state index >= 15 is 0 Å². The zero-order valence-corrected chi connectivity index (χ0v) is 10.3. The third-order valence-electron chi connectivity index (χ3n) is 6.18. The number of nitrogens with two attached hydrogens (primary N) is 1. The van der Waals surface area contributed by atoms with Crippen molar-refractivity contribution < 1.29 is 0 Å². The Bertz CT molecular complexity index is 263. The van der Waals surface area contributed by atoms with Crippen molar-refractivity contribution in [2.75, 3.05) is 6.54 Å². The SMILES string of the molecule is CC1(C)C2CCC(C3(CCN)CC3)C1C2. The van der Waals surface area contributed by atoms with E-state index in [9.17, 15) is 0 Å². The Labute approximate surface area is 93.8 Å². The van der Waals surface area contributed by atoms with Gasteiger partial charge in [0.05, 0.1) is 0 Å². The zero-order chi connectivity index (χ0) is 10.7. The second-order valence-electron chi connectivity index (χ2n) is 6.95. The maximum absolute atomic E-state index is 5.79. The monoisotopic (exact) mass is 207 g/mol. The molecule has 0 heterocycles. The van der Waals surface area contributed by atoms with Crippen LogP contribution in [0.25, 0.3) is 0 Å². The molecule has 4 fully saturated rings. The number of rotatable bonds is 3. The average Bonchev–Trinajstić information content (AvgIpc) is 2.99. The summed E-state index contributed by atoms with van der Waals surface area (Å²) in [7, 11) is 0. The summed E-state index contributed by atoms with van der Waals surface area (Å²) in [6.45, 7) is 5.93.